The topological polar surface area (TPSA) is 65.0 Å². The Morgan fingerprint density at radius 3 is 2.24 bits per heavy atom. The van der Waals surface area contributed by atoms with Crippen molar-refractivity contribution in [3.8, 4) is 0 Å². The second-order valence-electron chi connectivity index (χ2n) is 4.69. The highest BCUT2D eigenvalue weighted by Gasteiger charge is 2.11. The fourth-order valence-corrected chi connectivity index (χ4v) is 2.01. The van der Waals surface area contributed by atoms with Crippen LogP contribution >= 0.6 is 11.8 Å². The summed E-state index contributed by atoms with van der Waals surface area (Å²) in [5.74, 6) is 0.619. The van der Waals surface area contributed by atoms with Gasteiger partial charge in [-0.1, -0.05) is 42.1 Å². The quantitative estimate of drug-likeness (QED) is 0.673. The average molecular weight is 308 g/mol. The van der Waals surface area contributed by atoms with Crippen molar-refractivity contribution >= 4 is 29.0 Å². The lowest BCUT2D eigenvalue weighted by Crippen LogP contribution is -2.38. The fourth-order valence-electron chi connectivity index (χ4n) is 1.21. The molecule has 1 N–H and O–H groups in total. The van der Waals surface area contributed by atoms with E-state index in [0.717, 1.165) is 5.56 Å². The first-order chi connectivity index (χ1) is 9.90. The minimum atomic E-state index is -0.412. The molecule has 1 aromatic rings. The predicted molar refractivity (Wildman–Crippen MR) is 86.5 cm³/mol. The third kappa shape index (κ3) is 6.31. The maximum absolute atomic E-state index is 11.7. The van der Waals surface area contributed by atoms with Crippen molar-refractivity contribution in [3.63, 3.8) is 0 Å². The Kier molecular flexibility index (Phi) is 6.74. The summed E-state index contributed by atoms with van der Waals surface area (Å²) < 4.78 is 0. The number of amidine groups is 1. The number of carbonyl (C=O) groups is 2. The van der Waals surface area contributed by atoms with E-state index < -0.39 is 6.03 Å². The molecule has 0 aromatic heterocycles. The van der Waals surface area contributed by atoms with Crippen LogP contribution in [-0.4, -0.2) is 55.2 Å². The number of aliphatic imine (C=N–C) groups is 1. The molecule has 0 saturated carbocycles. The van der Waals surface area contributed by atoms with Crippen LogP contribution in [0.5, 0.6) is 0 Å². The first kappa shape index (κ1) is 17.0. The predicted octanol–water partition coefficient (Wildman–Crippen LogP) is 2.23. The summed E-state index contributed by atoms with van der Waals surface area (Å²) in [6, 6.07) is 9.04. The monoisotopic (exact) mass is 308 g/mol. The van der Waals surface area contributed by atoms with Gasteiger partial charge in [-0.15, -0.1) is 0 Å². The molecule has 21 heavy (non-hydrogen) atoms. The molecule has 6 nitrogen and oxygen atoms in total. The van der Waals surface area contributed by atoms with Crippen molar-refractivity contribution in [3.05, 3.63) is 35.9 Å². The van der Waals surface area contributed by atoms with Crippen LogP contribution in [0.25, 0.3) is 0 Å². The molecule has 1 aromatic carbocycles. The van der Waals surface area contributed by atoms with Crippen LogP contribution in [0.15, 0.2) is 35.3 Å². The van der Waals surface area contributed by atoms with Crippen molar-refractivity contribution in [2.24, 2.45) is 4.99 Å². The van der Waals surface area contributed by atoms with E-state index in [1.54, 1.807) is 28.2 Å². The third-order valence-electron chi connectivity index (χ3n) is 2.42. The number of nitrogens with one attached hydrogen (secondary N) is 1. The van der Waals surface area contributed by atoms with E-state index in [1.807, 2.05) is 30.3 Å². The van der Waals surface area contributed by atoms with Gasteiger partial charge in [-0.25, -0.2) is 9.59 Å². The number of amides is 4. The highest BCUT2D eigenvalue weighted by Crippen LogP contribution is 2.13. The van der Waals surface area contributed by atoms with Crippen LogP contribution in [0.2, 0.25) is 0 Å². The van der Waals surface area contributed by atoms with Gasteiger partial charge in [0.1, 0.15) is 0 Å². The smallest absolute Gasteiger partial charge is 0.331 e. The van der Waals surface area contributed by atoms with Gasteiger partial charge in [0.2, 0.25) is 0 Å². The maximum Gasteiger partial charge on any atom is 0.345 e. The number of rotatable bonds is 2. The van der Waals surface area contributed by atoms with E-state index >= 15 is 0 Å². The Hall–Kier alpha value is -2.02. The molecule has 0 heterocycles. The van der Waals surface area contributed by atoms with Crippen molar-refractivity contribution in [2.75, 3.05) is 28.2 Å². The minimum absolute atomic E-state index is 0.288. The summed E-state index contributed by atoms with van der Waals surface area (Å²) in [4.78, 5) is 30.0. The molecule has 0 radical (unpaired) electrons. The summed E-state index contributed by atoms with van der Waals surface area (Å²) >= 11 is 1.31. The first-order valence-corrected chi connectivity index (χ1v) is 7.33. The molecule has 0 aliphatic heterocycles. The summed E-state index contributed by atoms with van der Waals surface area (Å²) in [5.41, 5.74) is 1.09. The summed E-state index contributed by atoms with van der Waals surface area (Å²) in [7, 11) is 6.48. The molecule has 1 rings (SSSR count). The second kappa shape index (κ2) is 8.31. The van der Waals surface area contributed by atoms with Crippen molar-refractivity contribution in [2.45, 2.75) is 5.75 Å². The Balaban J connectivity index is 2.76. The molecule has 0 atom stereocenters. The zero-order valence-corrected chi connectivity index (χ0v) is 13.5. The van der Waals surface area contributed by atoms with E-state index in [-0.39, 0.29) is 11.2 Å². The number of hydrogen-bond donors (Lipinski definition) is 1. The molecule has 4 amide bonds. The lowest BCUT2D eigenvalue weighted by molar-refractivity contribution is 0.222. The number of urea groups is 2. The van der Waals surface area contributed by atoms with Gasteiger partial charge in [0.15, 0.2) is 5.17 Å². The fraction of sp³-hybridized carbons (Fsp3) is 0.357. The van der Waals surface area contributed by atoms with Crippen LogP contribution in [-0.2, 0) is 5.75 Å². The zero-order chi connectivity index (χ0) is 15.8. The SMILES string of the molecule is CN(C)C(=O)N=C(NC(=O)N(C)C)SCc1ccccc1. The molecule has 0 aliphatic carbocycles. The van der Waals surface area contributed by atoms with Crippen LogP contribution in [0, 0.1) is 0 Å². The average Bonchev–Trinajstić information content (AvgIpc) is 2.45. The molecule has 0 spiro atoms. The third-order valence-corrected chi connectivity index (χ3v) is 3.36. The molecule has 0 unspecified atom stereocenters. The van der Waals surface area contributed by atoms with Crippen molar-refractivity contribution in [1.82, 2.24) is 15.1 Å². The van der Waals surface area contributed by atoms with Crippen LogP contribution in [0.1, 0.15) is 5.56 Å². The molecule has 114 valence electrons. The first-order valence-electron chi connectivity index (χ1n) is 6.35. The van der Waals surface area contributed by atoms with Gasteiger partial charge in [-0.05, 0) is 5.56 Å². The Morgan fingerprint density at radius 2 is 1.71 bits per heavy atom. The van der Waals surface area contributed by atoms with E-state index in [4.69, 9.17) is 0 Å². The van der Waals surface area contributed by atoms with E-state index in [2.05, 4.69) is 10.3 Å². The van der Waals surface area contributed by atoms with Gasteiger partial charge in [-0.3, -0.25) is 5.32 Å². The van der Waals surface area contributed by atoms with E-state index in [0.29, 0.717) is 5.75 Å². The van der Waals surface area contributed by atoms with Crippen molar-refractivity contribution in [1.29, 1.82) is 0 Å². The van der Waals surface area contributed by atoms with Crippen LogP contribution in [0.4, 0.5) is 9.59 Å². The number of hydrogen-bond acceptors (Lipinski definition) is 3. The highest BCUT2D eigenvalue weighted by molar-refractivity contribution is 8.13. The normalized spacial score (nSPS) is 11.0. The van der Waals surface area contributed by atoms with Crippen molar-refractivity contribution < 1.29 is 9.59 Å². The van der Waals surface area contributed by atoms with E-state index in [9.17, 15) is 9.59 Å². The lowest BCUT2D eigenvalue weighted by atomic mass is 10.2. The van der Waals surface area contributed by atoms with Gasteiger partial charge >= 0.3 is 12.1 Å². The summed E-state index contributed by atoms with van der Waals surface area (Å²) in [6.07, 6.45) is 0. The number of carbonyl (C=O) groups excluding carboxylic acids is 2. The van der Waals surface area contributed by atoms with Gasteiger partial charge < -0.3 is 9.80 Å². The number of nitrogens with zero attached hydrogens (tertiary/aromatic N) is 3. The molecule has 0 bridgehead atoms. The van der Waals surface area contributed by atoms with Crippen LogP contribution in [0.3, 0.4) is 0 Å². The number of thioether (sulfide) groups is 1. The molecular formula is C14H20N4O2S. The summed E-state index contributed by atoms with van der Waals surface area (Å²) in [5, 5.41) is 2.91. The lowest BCUT2D eigenvalue weighted by Gasteiger charge is -2.14. The Labute approximate surface area is 129 Å². The molecule has 7 heteroatoms. The Bertz CT molecular complexity index is 515. The zero-order valence-electron chi connectivity index (χ0n) is 12.7. The van der Waals surface area contributed by atoms with Crippen LogP contribution < -0.4 is 5.32 Å². The second-order valence-corrected chi connectivity index (χ2v) is 5.66. The van der Waals surface area contributed by atoms with Gasteiger partial charge in [0.05, 0.1) is 0 Å². The molecule has 0 saturated heterocycles. The highest BCUT2D eigenvalue weighted by atomic mass is 32.2. The maximum atomic E-state index is 11.7. The minimum Gasteiger partial charge on any atom is -0.331 e. The Morgan fingerprint density at radius 1 is 1.10 bits per heavy atom. The molecular weight excluding hydrogens is 288 g/mol. The number of benzene rings is 1. The van der Waals surface area contributed by atoms with E-state index in [1.165, 1.54) is 21.6 Å². The van der Waals surface area contributed by atoms with Gasteiger partial charge in [0.25, 0.3) is 0 Å². The molecule has 0 fully saturated rings. The molecule has 0 aliphatic rings. The van der Waals surface area contributed by atoms with Gasteiger partial charge in [-0.2, -0.15) is 4.99 Å². The largest absolute Gasteiger partial charge is 0.345 e. The standard InChI is InChI=1S/C14H20N4O2S/c1-17(2)13(19)15-12(16-14(20)18(3)4)21-10-11-8-6-5-7-9-11/h5-9H,10H2,1-4H3,(H,15,16,19,20). The van der Waals surface area contributed by atoms with Gasteiger partial charge in [0, 0.05) is 33.9 Å². The summed E-state index contributed by atoms with van der Waals surface area (Å²) in [6.45, 7) is 0.